The van der Waals surface area contributed by atoms with Gasteiger partial charge in [0.15, 0.2) is 6.10 Å². The number of rotatable bonds is 9. The normalized spacial score (nSPS) is 11.9. The van der Waals surface area contributed by atoms with E-state index in [1.54, 1.807) is 7.05 Å². The first-order valence-corrected chi connectivity index (χ1v) is 5.73. The monoisotopic (exact) mass is 247 g/mol. The molecule has 2 N–H and O–H groups in total. The number of aliphatic hydroxyl groups excluding tert-OH is 1. The third-order valence-electron chi connectivity index (χ3n) is 1.99. The van der Waals surface area contributed by atoms with Crippen LogP contribution in [0, 0.1) is 0 Å². The molecule has 0 amide bonds. The lowest BCUT2D eigenvalue weighted by Gasteiger charge is -2.12. The van der Waals surface area contributed by atoms with E-state index in [1.165, 1.54) is 6.92 Å². The van der Waals surface area contributed by atoms with Gasteiger partial charge >= 0.3 is 11.9 Å². The Hall–Kier alpha value is -1.14. The highest BCUT2D eigenvalue weighted by molar-refractivity contribution is 5.78. The van der Waals surface area contributed by atoms with E-state index in [2.05, 4.69) is 5.32 Å². The molecule has 0 aliphatic heterocycles. The SMILES string of the molecule is CNCCCC(=O)OC(C)C(=O)OCCCO. The molecule has 1 unspecified atom stereocenters. The lowest BCUT2D eigenvalue weighted by Crippen LogP contribution is -2.27. The van der Waals surface area contributed by atoms with Gasteiger partial charge in [0.2, 0.25) is 0 Å². The zero-order chi connectivity index (χ0) is 13.1. The Bertz CT molecular complexity index is 232. The molecule has 100 valence electrons. The molecule has 0 aromatic heterocycles. The summed E-state index contributed by atoms with van der Waals surface area (Å²) in [6, 6.07) is 0. The van der Waals surface area contributed by atoms with Crippen molar-refractivity contribution in [3.8, 4) is 0 Å². The van der Waals surface area contributed by atoms with Gasteiger partial charge in [0, 0.05) is 19.4 Å². The van der Waals surface area contributed by atoms with Crippen LogP contribution < -0.4 is 5.32 Å². The summed E-state index contributed by atoms with van der Waals surface area (Å²) < 4.78 is 9.67. The molecule has 0 aliphatic carbocycles. The van der Waals surface area contributed by atoms with Crippen LogP contribution in [0.5, 0.6) is 0 Å². The maximum Gasteiger partial charge on any atom is 0.347 e. The van der Waals surface area contributed by atoms with Crippen molar-refractivity contribution in [1.29, 1.82) is 0 Å². The van der Waals surface area contributed by atoms with E-state index >= 15 is 0 Å². The van der Waals surface area contributed by atoms with Gasteiger partial charge in [0.25, 0.3) is 0 Å². The van der Waals surface area contributed by atoms with E-state index in [1.807, 2.05) is 0 Å². The van der Waals surface area contributed by atoms with Crippen LogP contribution >= 0.6 is 0 Å². The summed E-state index contributed by atoms with van der Waals surface area (Å²) in [4.78, 5) is 22.6. The van der Waals surface area contributed by atoms with E-state index in [9.17, 15) is 9.59 Å². The summed E-state index contributed by atoms with van der Waals surface area (Å²) in [5.74, 6) is -0.993. The van der Waals surface area contributed by atoms with Crippen LogP contribution in [0.4, 0.5) is 0 Å². The first-order valence-electron chi connectivity index (χ1n) is 5.73. The molecule has 0 rings (SSSR count). The van der Waals surface area contributed by atoms with Gasteiger partial charge in [0.1, 0.15) is 0 Å². The molecule has 0 heterocycles. The molecule has 0 fully saturated rings. The summed E-state index contributed by atoms with van der Waals surface area (Å²) in [5.41, 5.74) is 0. The number of carbonyl (C=O) groups excluding carboxylic acids is 2. The van der Waals surface area contributed by atoms with Crippen LogP contribution in [0.25, 0.3) is 0 Å². The topological polar surface area (TPSA) is 84.9 Å². The number of carbonyl (C=O) groups is 2. The molecular formula is C11H21NO5. The fraction of sp³-hybridized carbons (Fsp3) is 0.818. The molecule has 0 aromatic carbocycles. The number of ether oxygens (including phenoxy) is 2. The van der Waals surface area contributed by atoms with E-state index in [4.69, 9.17) is 14.6 Å². The molecular weight excluding hydrogens is 226 g/mol. The highest BCUT2D eigenvalue weighted by Gasteiger charge is 2.18. The van der Waals surface area contributed by atoms with Crippen molar-refractivity contribution in [2.24, 2.45) is 0 Å². The first kappa shape index (κ1) is 15.9. The largest absolute Gasteiger partial charge is 0.463 e. The van der Waals surface area contributed by atoms with E-state index in [0.717, 1.165) is 6.54 Å². The van der Waals surface area contributed by atoms with Gasteiger partial charge in [-0.25, -0.2) is 4.79 Å². The van der Waals surface area contributed by atoms with Crippen LogP contribution in [0.15, 0.2) is 0 Å². The third kappa shape index (κ3) is 8.65. The lowest BCUT2D eigenvalue weighted by molar-refractivity contribution is -0.166. The van der Waals surface area contributed by atoms with Gasteiger partial charge in [-0.1, -0.05) is 0 Å². The van der Waals surface area contributed by atoms with Gasteiger partial charge in [0.05, 0.1) is 6.61 Å². The second-order valence-electron chi connectivity index (χ2n) is 3.58. The Kier molecular flexibility index (Phi) is 9.37. The van der Waals surface area contributed by atoms with Crippen LogP contribution in [-0.2, 0) is 19.1 Å². The maximum atomic E-state index is 11.3. The van der Waals surface area contributed by atoms with Gasteiger partial charge in [-0.05, 0) is 26.9 Å². The zero-order valence-corrected chi connectivity index (χ0v) is 10.4. The molecule has 0 aliphatic rings. The Morgan fingerprint density at radius 2 is 2.06 bits per heavy atom. The van der Waals surface area contributed by atoms with Crippen LogP contribution in [0.1, 0.15) is 26.2 Å². The lowest BCUT2D eigenvalue weighted by atomic mass is 10.3. The highest BCUT2D eigenvalue weighted by atomic mass is 16.6. The molecule has 0 spiro atoms. The van der Waals surface area contributed by atoms with E-state index < -0.39 is 18.0 Å². The van der Waals surface area contributed by atoms with Crippen molar-refractivity contribution >= 4 is 11.9 Å². The third-order valence-corrected chi connectivity index (χ3v) is 1.99. The molecule has 1 atom stereocenters. The van der Waals surface area contributed by atoms with Gasteiger partial charge in [-0.2, -0.15) is 0 Å². The Balaban J connectivity index is 3.71. The molecule has 0 bridgehead atoms. The molecule has 0 saturated carbocycles. The summed E-state index contributed by atoms with van der Waals surface area (Å²) in [6.07, 6.45) is 0.432. The smallest absolute Gasteiger partial charge is 0.347 e. The van der Waals surface area contributed by atoms with Crippen molar-refractivity contribution in [2.75, 3.05) is 26.8 Å². The Morgan fingerprint density at radius 3 is 2.65 bits per heavy atom. The average molecular weight is 247 g/mol. The highest BCUT2D eigenvalue weighted by Crippen LogP contribution is 2.00. The standard InChI is InChI=1S/C11H21NO5/c1-9(11(15)16-8-4-7-13)17-10(14)5-3-6-12-2/h9,12-13H,3-8H2,1-2H3. The minimum atomic E-state index is -0.893. The summed E-state index contributed by atoms with van der Waals surface area (Å²) in [6.45, 7) is 2.30. The van der Waals surface area contributed by atoms with Crippen molar-refractivity contribution in [2.45, 2.75) is 32.3 Å². The first-order chi connectivity index (χ1) is 8.11. The number of esters is 2. The molecule has 17 heavy (non-hydrogen) atoms. The quantitative estimate of drug-likeness (QED) is 0.435. The second-order valence-corrected chi connectivity index (χ2v) is 3.58. The van der Waals surface area contributed by atoms with Gasteiger partial charge in [-0.15, -0.1) is 0 Å². The van der Waals surface area contributed by atoms with Crippen molar-refractivity contribution in [3.63, 3.8) is 0 Å². The van der Waals surface area contributed by atoms with Crippen LogP contribution in [-0.4, -0.2) is 50.0 Å². The molecule has 0 saturated heterocycles. The average Bonchev–Trinajstić information content (AvgIpc) is 2.29. The number of nitrogens with one attached hydrogen (secondary N) is 1. The second kappa shape index (κ2) is 10.0. The van der Waals surface area contributed by atoms with Crippen molar-refractivity contribution < 1.29 is 24.2 Å². The number of hydrogen-bond donors (Lipinski definition) is 2. The fourth-order valence-corrected chi connectivity index (χ4v) is 1.07. The van der Waals surface area contributed by atoms with E-state index in [0.29, 0.717) is 12.8 Å². The molecule has 0 radical (unpaired) electrons. The van der Waals surface area contributed by atoms with Gasteiger partial charge in [-0.3, -0.25) is 4.79 Å². The van der Waals surface area contributed by atoms with E-state index in [-0.39, 0.29) is 19.6 Å². The molecule has 6 nitrogen and oxygen atoms in total. The summed E-state index contributed by atoms with van der Waals surface area (Å²) >= 11 is 0. The molecule has 0 aromatic rings. The summed E-state index contributed by atoms with van der Waals surface area (Å²) in [5, 5.41) is 11.4. The van der Waals surface area contributed by atoms with Crippen LogP contribution in [0.2, 0.25) is 0 Å². The number of hydrogen-bond acceptors (Lipinski definition) is 6. The number of aliphatic hydroxyl groups is 1. The Morgan fingerprint density at radius 1 is 1.35 bits per heavy atom. The fourth-order valence-electron chi connectivity index (χ4n) is 1.07. The minimum Gasteiger partial charge on any atom is -0.463 e. The maximum absolute atomic E-state index is 11.3. The predicted octanol–water partition coefficient (Wildman–Crippen LogP) is -0.157. The van der Waals surface area contributed by atoms with Crippen molar-refractivity contribution in [3.05, 3.63) is 0 Å². The van der Waals surface area contributed by atoms with Gasteiger partial charge < -0.3 is 19.9 Å². The predicted molar refractivity (Wildman–Crippen MR) is 61.4 cm³/mol. The molecule has 6 heteroatoms. The zero-order valence-electron chi connectivity index (χ0n) is 10.4. The van der Waals surface area contributed by atoms with Crippen molar-refractivity contribution in [1.82, 2.24) is 5.32 Å². The Labute approximate surface area is 101 Å². The minimum absolute atomic E-state index is 0.0362. The van der Waals surface area contributed by atoms with Crippen LogP contribution in [0.3, 0.4) is 0 Å². The summed E-state index contributed by atoms with van der Waals surface area (Å²) in [7, 11) is 1.80.